The molecule has 0 aliphatic carbocycles. The minimum absolute atomic E-state index is 0.101. The van der Waals surface area contributed by atoms with E-state index in [2.05, 4.69) is 5.32 Å². The molecular formula is C14H23NO3. The van der Waals surface area contributed by atoms with Gasteiger partial charge in [0.25, 0.3) is 0 Å². The van der Waals surface area contributed by atoms with Crippen molar-refractivity contribution < 1.29 is 14.9 Å². The molecule has 0 bridgehead atoms. The lowest BCUT2D eigenvalue weighted by molar-refractivity contribution is -0.0104. The third-order valence-electron chi connectivity index (χ3n) is 2.86. The number of hydrogen-bond acceptors (Lipinski definition) is 4. The van der Waals surface area contributed by atoms with Gasteiger partial charge in [0.05, 0.1) is 11.2 Å². The molecule has 1 atom stereocenters. The van der Waals surface area contributed by atoms with Gasteiger partial charge in [-0.3, -0.25) is 0 Å². The van der Waals surface area contributed by atoms with E-state index in [1.165, 1.54) is 0 Å². The summed E-state index contributed by atoms with van der Waals surface area (Å²) in [5, 5.41) is 22.8. The van der Waals surface area contributed by atoms with Crippen LogP contribution in [0.1, 0.15) is 39.3 Å². The van der Waals surface area contributed by atoms with Crippen LogP contribution >= 0.6 is 0 Å². The fraction of sp³-hybridized carbons (Fsp3) is 0.571. The number of rotatable bonds is 6. The first kappa shape index (κ1) is 14.8. The molecule has 0 spiro atoms. The number of benzene rings is 1. The Morgan fingerprint density at radius 1 is 1.28 bits per heavy atom. The van der Waals surface area contributed by atoms with Crippen molar-refractivity contribution in [2.75, 3.05) is 13.2 Å². The number of aromatic hydroxyl groups is 2. The minimum atomic E-state index is -0.275. The van der Waals surface area contributed by atoms with E-state index in [1.807, 2.05) is 27.7 Å². The second-order valence-electron chi connectivity index (χ2n) is 5.01. The summed E-state index contributed by atoms with van der Waals surface area (Å²) < 4.78 is 5.59. The molecule has 1 unspecified atom stereocenters. The largest absolute Gasteiger partial charge is 0.507 e. The lowest BCUT2D eigenvalue weighted by Crippen LogP contribution is -2.38. The maximum atomic E-state index is 9.76. The second-order valence-corrected chi connectivity index (χ2v) is 5.01. The standard InChI is InChI=1S/C14H23NO3/c1-5-18-14(3,4)9-15-10(2)13-11(16)7-6-8-12(13)17/h6-8,10,15-17H,5,9H2,1-4H3. The van der Waals surface area contributed by atoms with Gasteiger partial charge in [0.2, 0.25) is 0 Å². The maximum Gasteiger partial charge on any atom is 0.124 e. The van der Waals surface area contributed by atoms with Gasteiger partial charge in [0, 0.05) is 19.2 Å². The molecule has 102 valence electrons. The summed E-state index contributed by atoms with van der Waals surface area (Å²) in [5.74, 6) is 0.202. The summed E-state index contributed by atoms with van der Waals surface area (Å²) in [5.41, 5.74) is 0.244. The van der Waals surface area contributed by atoms with Gasteiger partial charge in [-0.15, -0.1) is 0 Å². The van der Waals surface area contributed by atoms with Crippen LogP contribution in [0.15, 0.2) is 18.2 Å². The summed E-state index contributed by atoms with van der Waals surface area (Å²) in [6, 6.07) is 4.61. The number of ether oxygens (including phenoxy) is 1. The molecule has 0 heterocycles. The summed E-state index contributed by atoms with van der Waals surface area (Å²) in [4.78, 5) is 0. The van der Waals surface area contributed by atoms with E-state index in [4.69, 9.17) is 4.74 Å². The van der Waals surface area contributed by atoms with Gasteiger partial charge in [-0.1, -0.05) is 6.07 Å². The SMILES string of the molecule is CCOC(C)(C)CNC(C)c1c(O)cccc1O. The van der Waals surface area contributed by atoms with Crippen molar-refractivity contribution in [1.29, 1.82) is 0 Å². The van der Waals surface area contributed by atoms with Gasteiger partial charge in [-0.25, -0.2) is 0 Å². The predicted molar refractivity (Wildman–Crippen MR) is 71.9 cm³/mol. The van der Waals surface area contributed by atoms with Gasteiger partial charge >= 0.3 is 0 Å². The highest BCUT2D eigenvalue weighted by Crippen LogP contribution is 2.32. The van der Waals surface area contributed by atoms with Crippen LogP contribution in [0.4, 0.5) is 0 Å². The summed E-state index contributed by atoms with van der Waals surface area (Å²) in [6.45, 7) is 9.15. The molecule has 4 heteroatoms. The summed E-state index contributed by atoms with van der Waals surface area (Å²) in [6.07, 6.45) is 0. The maximum absolute atomic E-state index is 9.76. The quantitative estimate of drug-likeness (QED) is 0.729. The van der Waals surface area contributed by atoms with E-state index in [0.717, 1.165) is 0 Å². The van der Waals surface area contributed by atoms with Gasteiger partial charge in [0.1, 0.15) is 11.5 Å². The zero-order chi connectivity index (χ0) is 13.8. The fourth-order valence-electron chi connectivity index (χ4n) is 1.93. The first-order valence-electron chi connectivity index (χ1n) is 6.25. The zero-order valence-electron chi connectivity index (χ0n) is 11.5. The van der Waals surface area contributed by atoms with Crippen molar-refractivity contribution >= 4 is 0 Å². The Morgan fingerprint density at radius 3 is 2.33 bits per heavy atom. The highest BCUT2D eigenvalue weighted by Gasteiger charge is 2.21. The molecule has 1 rings (SSSR count). The smallest absolute Gasteiger partial charge is 0.124 e. The molecule has 0 amide bonds. The van der Waals surface area contributed by atoms with Gasteiger partial charge in [-0.05, 0) is 39.8 Å². The molecule has 1 aromatic rings. The van der Waals surface area contributed by atoms with Crippen LogP contribution in [0.2, 0.25) is 0 Å². The van der Waals surface area contributed by atoms with Crippen molar-refractivity contribution in [1.82, 2.24) is 5.32 Å². The highest BCUT2D eigenvalue weighted by atomic mass is 16.5. The van der Waals surface area contributed by atoms with E-state index in [-0.39, 0.29) is 23.1 Å². The van der Waals surface area contributed by atoms with E-state index in [0.29, 0.717) is 18.7 Å². The average molecular weight is 253 g/mol. The van der Waals surface area contributed by atoms with Gasteiger partial charge < -0.3 is 20.3 Å². The van der Waals surface area contributed by atoms with Crippen molar-refractivity contribution in [3.05, 3.63) is 23.8 Å². The molecule has 0 saturated carbocycles. The minimum Gasteiger partial charge on any atom is -0.507 e. The molecule has 0 saturated heterocycles. The Bertz CT molecular complexity index is 370. The molecule has 4 nitrogen and oxygen atoms in total. The molecule has 3 N–H and O–H groups in total. The first-order valence-corrected chi connectivity index (χ1v) is 6.25. The molecule has 18 heavy (non-hydrogen) atoms. The Labute approximate surface area is 109 Å². The Morgan fingerprint density at radius 2 is 1.83 bits per heavy atom. The molecule has 0 aliphatic rings. The summed E-state index contributed by atoms with van der Waals surface area (Å²) in [7, 11) is 0. The number of phenols is 2. The van der Waals surface area contributed by atoms with Crippen LogP contribution in [-0.2, 0) is 4.74 Å². The van der Waals surface area contributed by atoms with Gasteiger partial charge in [-0.2, -0.15) is 0 Å². The molecular weight excluding hydrogens is 230 g/mol. The molecule has 0 radical (unpaired) electrons. The van der Waals surface area contributed by atoms with Crippen molar-refractivity contribution in [2.45, 2.75) is 39.3 Å². The topological polar surface area (TPSA) is 61.7 Å². The number of hydrogen-bond donors (Lipinski definition) is 3. The van der Waals surface area contributed by atoms with E-state index >= 15 is 0 Å². The first-order chi connectivity index (χ1) is 8.37. The van der Waals surface area contributed by atoms with Crippen LogP contribution in [0.3, 0.4) is 0 Å². The van der Waals surface area contributed by atoms with Crippen LogP contribution in [0.25, 0.3) is 0 Å². The Kier molecular flexibility index (Phi) is 4.99. The molecule has 0 aliphatic heterocycles. The van der Waals surface area contributed by atoms with Gasteiger partial charge in [0.15, 0.2) is 0 Å². The normalized spacial score (nSPS) is 13.6. The van der Waals surface area contributed by atoms with E-state index in [1.54, 1.807) is 18.2 Å². The highest BCUT2D eigenvalue weighted by molar-refractivity contribution is 5.44. The van der Waals surface area contributed by atoms with Crippen LogP contribution in [-0.4, -0.2) is 29.0 Å². The predicted octanol–water partition coefficient (Wildman–Crippen LogP) is 2.56. The second kappa shape index (κ2) is 6.07. The average Bonchev–Trinajstić information content (AvgIpc) is 2.26. The molecule has 1 aromatic carbocycles. The van der Waals surface area contributed by atoms with Crippen LogP contribution in [0, 0.1) is 0 Å². The fourth-order valence-corrected chi connectivity index (χ4v) is 1.93. The van der Waals surface area contributed by atoms with Crippen molar-refractivity contribution in [2.24, 2.45) is 0 Å². The van der Waals surface area contributed by atoms with Crippen molar-refractivity contribution in [3.63, 3.8) is 0 Å². The van der Waals surface area contributed by atoms with Crippen molar-refractivity contribution in [3.8, 4) is 11.5 Å². The van der Waals surface area contributed by atoms with E-state index in [9.17, 15) is 10.2 Å². The third-order valence-corrected chi connectivity index (χ3v) is 2.86. The Hall–Kier alpha value is -1.26. The van der Waals surface area contributed by atoms with E-state index < -0.39 is 0 Å². The monoisotopic (exact) mass is 253 g/mol. The number of phenolic OH excluding ortho intramolecular Hbond substituents is 2. The molecule has 0 aromatic heterocycles. The van der Waals surface area contributed by atoms with Crippen LogP contribution in [0.5, 0.6) is 11.5 Å². The lowest BCUT2D eigenvalue weighted by atomic mass is 10.0. The zero-order valence-corrected chi connectivity index (χ0v) is 11.5. The Balaban J connectivity index is 2.69. The van der Waals surface area contributed by atoms with Crippen LogP contribution < -0.4 is 5.32 Å². The molecule has 0 fully saturated rings. The lowest BCUT2D eigenvalue weighted by Gasteiger charge is -2.27. The third kappa shape index (κ3) is 3.89. The number of nitrogens with one attached hydrogen (secondary N) is 1. The summed E-state index contributed by atoms with van der Waals surface area (Å²) >= 11 is 0.